The summed E-state index contributed by atoms with van der Waals surface area (Å²) in [5.41, 5.74) is -0.861. The van der Waals surface area contributed by atoms with Crippen LogP contribution in [0.3, 0.4) is 0 Å². The molecule has 6 rings (SSSR count). The van der Waals surface area contributed by atoms with Crippen LogP contribution in [-0.4, -0.2) is 40.2 Å². The van der Waals surface area contributed by atoms with Crippen LogP contribution in [-0.2, 0) is 6.54 Å². The van der Waals surface area contributed by atoms with Crippen LogP contribution in [0.1, 0.15) is 52.4 Å². The Balaban J connectivity index is 1.43. The van der Waals surface area contributed by atoms with Gasteiger partial charge in [-0.2, -0.15) is 0 Å². The number of fused-ring (bicyclic) bond motifs is 1. The Bertz CT molecular complexity index is 1710. The highest BCUT2D eigenvalue weighted by Crippen LogP contribution is 2.40. The summed E-state index contributed by atoms with van der Waals surface area (Å²) in [6, 6.07) is 9.96. The van der Waals surface area contributed by atoms with E-state index in [0.717, 1.165) is 11.6 Å². The first-order chi connectivity index (χ1) is 18.7. The molecule has 0 bridgehead atoms. The van der Waals surface area contributed by atoms with Crippen LogP contribution in [0.4, 0.5) is 14.5 Å². The Morgan fingerprint density at radius 2 is 1.85 bits per heavy atom. The Kier molecular flexibility index (Phi) is 6.10. The van der Waals surface area contributed by atoms with Crippen molar-refractivity contribution in [1.29, 1.82) is 0 Å². The quantitative estimate of drug-likeness (QED) is 0.389. The van der Waals surface area contributed by atoms with E-state index in [2.05, 4.69) is 4.90 Å². The van der Waals surface area contributed by atoms with Gasteiger partial charge in [0.25, 0.3) is 0 Å². The molecule has 9 nitrogen and oxygen atoms in total. The van der Waals surface area contributed by atoms with Crippen molar-refractivity contribution in [3.8, 4) is 0 Å². The Hall–Kier alpha value is -4.25. The zero-order valence-corrected chi connectivity index (χ0v) is 21.0. The third-order valence-corrected chi connectivity index (χ3v) is 7.53. The summed E-state index contributed by atoms with van der Waals surface area (Å²) >= 11 is 0. The fraction of sp³-hybridized carbons (Fsp3) is 0.321. The lowest BCUT2D eigenvalue weighted by Crippen LogP contribution is -2.48. The highest BCUT2D eigenvalue weighted by Gasteiger charge is 2.35. The van der Waals surface area contributed by atoms with Crippen molar-refractivity contribution in [3.05, 3.63) is 97.7 Å². The second-order valence-electron chi connectivity index (χ2n) is 10.0. The van der Waals surface area contributed by atoms with Crippen LogP contribution in [0.2, 0.25) is 0 Å². The van der Waals surface area contributed by atoms with Crippen LogP contribution < -0.4 is 16.2 Å². The molecule has 0 amide bonds. The number of piperazine rings is 1. The van der Waals surface area contributed by atoms with Crippen molar-refractivity contribution >= 4 is 22.6 Å². The van der Waals surface area contributed by atoms with Crippen molar-refractivity contribution in [1.82, 2.24) is 9.47 Å². The summed E-state index contributed by atoms with van der Waals surface area (Å²) in [4.78, 5) is 39.8. The smallest absolute Gasteiger partial charge is 0.477 e. The first kappa shape index (κ1) is 25.1. The molecule has 1 N–H and O–H groups in total. The van der Waals surface area contributed by atoms with Gasteiger partial charge in [-0.25, -0.2) is 18.4 Å². The van der Waals surface area contributed by atoms with E-state index in [-0.39, 0.29) is 48.3 Å². The van der Waals surface area contributed by atoms with Gasteiger partial charge in [0.1, 0.15) is 22.8 Å². The molecule has 3 heterocycles. The average Bonchev–Trinajstić information content (AvgIpc) is 3.70. The minimum atomic E-state index is -1.44. The Morgan fingerprint density at radius 1 is 1.10 bits per heavy atom. The molecule has 0 radical (unpaired) electrons. The number of aryl methyl sites for hydroxylation is 1. The topological polar surface area (TPSA) is 109 Å². The summed E-state index contributed by atoms with van der Waals surface area (Å²) in [7, 11) is 0. The standard InChI is InChI=1S/C28H25F2N3O6/c1-15-22(39-28(37)38-15)14-31-9-10-32(13-21(31)16-5-3-2-4-6-16)25-20(29)11-18-24(23(25)30)33(17-7-8-17)12-19(26(18)34)27(35)36/h2-6,11-12,17,21H,7-10,13-14H2,1H3,(H,35,36). The van der Waals surface area contributed by atoms with Crippen molar-refractivity contribution in [2.75, 3.05) is 24.5 Å². The lowest BCUT2D eigenvalue weighted by molar-refractivity contribution is 0.0694. The summed E-state index contributed by atoms with van der Waals surface area (Å²) in [5, 5.41) is 9.20. The number of halogens is 2. The zero-order valence-electron chi connectivity index (χ0n) is 21.0. The predicted molar refractivity (Wildman–Crippen MR) is 137 cm³/mol. The summed E-state index contributed by atoms with van der Waals surface area (Å²) in [6.45, 7) is 2.77. The van der Waals surface area contributed by atoms with Crippen molar-refractivity contribution in [2.24, 2.45) is 0 Å². The van der Waals surface area contributed by atoms with Gasteiger partial charge in [-0.1, -0.05) is 30.3 Å². The monoisotopic (exact) mass is 537 g/mol. The molecule has 2 aromatic carbocycles. The van der Waals surface area contributed by atoms with E-state index in [0.29, 0.717) is 30.9 Å². The third kappa shape index (κ3) is 4.42. The van der Waals surface area contributed by atoms with Crippen molar-refractivity contribution in [2.45, 2.75) is 38.4 Å². The SMILES string of the molecule is Cc1oc(=O)oc1CN1CCN(c2c(F)cc3c(=O)c(C(=O)O)cn(C4CC4)c3c2F)CC1c1ccccc1. The summed E-state index contributed by atoms with van der Waals surface area (Å²) in [5.74, 6) is -3.28. The molecule has 0 spiro atoms. The molecule has 2 aromatic heterocycles. The number of nitrogens with zero attached hydrogens (tertiary/aromatic N) is 3. The normalized spacial score (nSPS) is 18.1. The summed E-state index contributed by atoms with van der Waals surface area (Å²) in [6.07, 6.45) is 2.59. The van der Waals surface area contributed by atoms with E-state index in [9.17, 15) is 19.5 Å². The van der Waals surface area contributed by atoms with E-state index >= 15 is 8.78 Å². The molecular weight excluding hydrogens is 512 g/mol. The van der Waals surface area contributed by atoms with Gasteiger partial charge in [-0.05, 0) is 31.4 Å². The maximum atomic E-state index is 16.2. The van der Waals surface area contributed by atoms with Gasteiger partial charge < -0.3 is 23.4 Å². The fourth-order valence-corrected chi connectivity index (χ4v) is 5.42. The molecular formula is C28H25F2N3O6. The van der Waals surface area contributed by atoms with Gasteiger partial charge in [0, 0.05) is 31.9 Å². The van der Waals surface area contributed by atoms with Crippen molar-refractivity contribution < 1.29 is 27.5 Å². The molecule has 39 heavy (non-hydrogen) atoms. The lowest BCUT2D eigenvalue weighted by atomic mass is 10.0. The second-order valence-corrected chi connectivity index (χ2v) is 10.0. The first-order valence-electron chi connectivity index (χ1n) is 12.7. The molecule has 202 valence electrons. The average molecular weight is 538 g/mol. The van der Waals surface area contributed by atoms with Gasteiger partial charge in [-0.3, -0.25) is 9.69 Å². The number of aromatic carboxylic acids is 1. The van der Waals surface area contributed by atoms with Crippen LogP contribution in [0, 0.1) is 18.6 Å². The van der Waals surface area contributed by atoms with Crippen LogP contribution in [0.25, 0.3) is 10.9 Å². The number of hydrogen-bond acceptors (Lipinski definition) is 7. The Morgan fingerprint density at radius 3 is 2.49 bits per heavy atom. The number of rotatable bonds is 6. The zero-order chi connectivity index (χ0) is 27.4. The molecule has 4 aromatic rings. The van der Waals surface area contributed by atoms with E-state index in [1.807, 2.05) is 30.3 Å². The third-order valence-electron chi connectivity index (χ3n) is 7.53. The number of pyridine rings is 1. The molecule has 2 fully saturated rings. The number of hydrogen-bond donors (Lipinski definition) is 1. The maximum absolute atomic E-state index is 16.2. The van der Waals surface area contributed by atoms with Gasteiger partial charge in [0.15, 0.2) is 11.6 Å². The predicted octanol–water partition coefficient (Wildman–Crippen LogP) is 4.23. The molecule has 1 saturated carbocycles. The minimum absolute atomic E-state index is 0.0848. The highest BCUT2D eigenvalue weighted by molar-refractivity contribution is 5.94. The summed E-state index contributed by atoms with van der Waals surface area (Å²) < 4.78 is 43.5. The number of carboxylic acids is 1. The minimum Gasteiger partial charge on any atom is -0.477 e. The first-order valence-corrected chi connectivity index (χ1v) is 12.7. The molecule has 2 aliphatic rings. The number of carboxylic acid groups (broad SMARTS) is 1. The fourth-order valence-electron chi connectivity index (χ4n) is 5.42. The van der Waals surface area contributed by atoms with E-state index in [1.165, 1.54) is 10.8 Å². The van der Waals surface area contributed by atoms with E-state index in [1.54, 1.807) is 11.8 Å². The number of aromatic nitrogens is 1. The maximum Gasteiger partial charge on any atom is 0.519 e. The van der Waals surface area contributed by atoms with Gasteiger partial charge >= 0.3 is 11.8 Å². The highest BCUT2D eigenvalue weighted by atomic mass is 19.1. The van der Waals surface area contributed by atoms with E-state index in [4.69, 9.17) is 8.83 Å². The largest absolute Gasteiger partial charge is 0.519 e. The molecule has 1 aliphatic carbocycles. The molecule has 1 aliphatic heterocycles. The van der Waals surface area contributed by atoms with Crippen molar-refractivity contribution in [3.63, 3.8) is 0 Å². The van der Waals surface area contributed by atoms with Crippen LogP contribution in [0.15, 0.2) is 61.0 Å². The molecule has 1 saturated heterocycles. The number of benzene rings is 2. The van der Waals surface area contributed by atoms with E-state index < -0.39 is 34.4 Å². The molecule has 1 atom stereocenters. The second kappa shape index (κ2) is 9.49. The van der Waals surface area contributed by atoms with Gasteiger partial charge in [-0.15, -0.1) is 0 Å². The molecule has 11 heteroatoms. The molecule has 1 unspecified atom stereocenters. The number of anilines is 1. The number of carbonyl (C=O) groups is 1. The van der Waals surface area contributed by atoms with Gasteiger partial charge in [0.2, 0.25) is 5.43 Å². The lowest BCUT2D eigenvalue weighted by Gasteiger charge is -2.42. The van der Waals surface area contributed by atoms with Gasteiger partial charge in [0.05, 0.1) is 23.5 Å². The Labute approximate surface area is 220 Å². The van der Waals surface area contributed by atoms with Crippen LogP contribution >= 0.6 is 0 Å². The van der Waals surface area contributed by atoms with Crippen LogP contribution in [0.5, 0.6) is 0 Å².